The summed E-state index contributed by atoms with van der Waals surface area (Å²) in [6.07, 6.45) is 2.28. The van der Waals surface area contributed by atoms with E-state index in [2.05, 4.69) is 26.6 Å². The number of carbonyl (C=O) groups excluding carboxylic acids is 1. The number of hydrogen-bond acceptors (Lipinski definition) is 2. The summed E-state index contributed by atoms with van der Waals surface area (Å²) < 4.78 is 0.655. The Morgan fingerprint density at radius 1 is 1.42 bits per heavy atom. The summed E-state index contributed by atoms with van der Waals surface area (Å²) in [5, 5.41) is 14.5. The summed E-state index contributed by atoms with van der Waals surface area (Å²) in [5.74, 6) is -0.526. The summed E-state index contributed by atoms with van der Waals surface area (Å²) >= 11 is 3.21. The van der Waals surface area contributed by atoms with E-state index in [4.69, 9.17) is 5.11 Å². The van der Waals surface area contributed by atoms with Crippen LogP contribution in [-0.2, 0) is 0 Å². The van der Waals surface area contributed by atoms with Gasteiger partial charge in [-0.3, -0.25) is 0 Å². The van der Waals surface area contributed by atoms with Crippen molar-refractivity contribution in [3.05, 3.63) is 28.2 Å². The van der Waals surface area contributed by atoms with Crippen molar-refractivity contribution in [3.8, 4) is 0 Å². The predicted octanol–water partition coefficient (Wildman–Crippen LogP) is 3.07. The second kappa shape index (κ2) is 5.61. The van der Waals surface area contributed by atoms with Crippen molar-refractivity contribution in [2.24, 2.45) is 5.92 Å². The highest BCUT2D eigenvalue weighted by Crippen LogP contribution is 2.32. The first-order valence-corrected chi connectivity index (χ1v) is 6.87. The van der Waals surface area contributed by atoms with E-state index in [1.807, 2.05) is 6.92 Å². The number of carboxylic acid groups (broad SMARTS) is 1. The molecule has 102 valence electrons. The highest BCUT2D eigenvalue weighted by Gasteiger charge is 2.29. The first kappa shape index (κ1) is 13.9. The minimum atomic E-state index is -1.08. The molecule has 0 saturated heterocycles. The van der Waals surface area contributed by atoms with Crippen LogP contribution in [0.15, 0.2) is 22.7 Å². The van der Waals surface area contributed by atoms with E-state index in [9.17, 15) is 9.59 Å². The van der Waals surface area contributed by atoms with E-state index in [1.165, 1.54) is 6.07 Å². The van der Waals surface area contributed by atoms with E-state index in [0.717, 1.165) is 12.8 Å². The van der Waals surface area contributed by atoms with Gasteiger partial charge in [0, 0.05) is 10.5 Å². The van der Waals surface area contributed by atoms with E-state index >= 15 is 0 Å². The number of benzene rings is 1. The third-order valence-corrected chi connectivity index (χ3v) is 3.64. The standard InChI is InChI=1S/C13H15BrN2O3/c1-7(8-2-3-8)15-13(19)16-11-5-4-9(14)6-10(11)12(17)18/h4-8H,2-3H2,1H3,(H,17,18)(H2,15,16,19). The Balaban J connectivity index is 2.05. The molecule has 2 rings (SSSR count). The average molecular weight is 327 g/mol. The molecule has 1 aliphatic rings. The van der Waals surface area contributed by atoms with Crippen LogP contribution in [0.3, 0.4) is 0 Å². The lowest BCUT2D eigenvalue weighted by Gasteiger charge is -2.14. The number of carboxylic acids is 1. The van der Waals surface area contributed by atoms with Crippen LogP contribution >= 0.6 is 15.9 Å². The molecule has 1 aromatic carbocycles. The third-order valence-electron chi connectivity index (χ3n) is 3.15. The Kier molecular flexibility index (Phi) is 4.09. The number of rotatable bonds is 4. The van der Waals surface area contributed by atoms with Crippen molar-refractivity contribution in [2.45, 2.75) is 25.8 Å². The Morgan fingerprint density at radius 2 is 2.11 bits per heavy atom. The molecule has 1 atom stereocenters. The summed E-state index contributed by atoms with van der Waals surface area (Å²) in [5.41, 5.74) is 0.347. The molecule has 0 spiro atoms. The molecule has 0 radical (unpaired) electrons. The van der Waals surface area contributed by atoms with Crippen LogP contribution < -0.4 is 10.6 Å². The maximum atomic E-state index is 11.8. The second-order valence-corrected chi connectivity index (χ2v) is 5.64. The van der Waals surface area contributed by atoms with Gasteiger partial charge in [-0.15, -0.1) is 0 Å². The van der Waals surface area contributed by atoms with Crippen molar-refractivity contribution in [1.82, 2.24) is 5.32 Å². The maximum Gasteiger partial charge on any atom is 0.337 e. The Bertz CT molecular complexity index is 515. The lowest BCUT2D eigenvalue weighted by molar-refractivity contribution is 0.0698. The van der Waals surface area contributed by atoms with E-state index in [-0.39, 0.29) is 23.3 Å². The molecule has 0 aliphatic heterocycles. The second-order valence-electron chi connectivity index (χ2n) is 4.72. The van der Waals surface area contributed by atoms with Crippen LogP contribution in [0.1, 0.15) is 30.1 Å². The molecule has 5 nitrogen and oxygen atoms in total. The first-order valence-electron chi connectivity index (χ1n) is 6.07. The lowest BCUT2D eigenvalue weighted by atomic mass is 10.2. The van der Waals surface area contributed by atoms with Crippen LogP contribution in [0, 0.1) is 5.92 Å². The first-order chi connectivity index (χ1) is 8.97. The normalized spacial score (nSPS) is 15.7. The van der Waals surface area contributed by atoms with Crippen LogP contribution in [0.4, 0.5) is 10.5 Å². The van der Waals surface area contributed by atoms with Gasteiger partial charge in [0.25, 0.3) is 0 Å². The number of aromatic carboxylic acids is 1. The molecule has 1 aliphatic carbocycles. The van der Waals surface area contributed by atoms with Gasteiger partial charge in [0.2, 0.25) is 0 Å². The molecule has 0 heterocycles. The number of nitrogens with one attached hydrogen (secondary N) is 2. The van der Waals surface area contributed by atoms with E-state index in [1.54, 1.807) is 12.1 Å². The zero-order valence-electron chi connectivity index (χ0n) is 10.4. The number of halogens is 1. The largest absolute Gasteiger partial charge is 0.478 e. The number of amides is 2. The van der Waals surface area contributed by atoms with Crippen LogP contribution in [-0.4, -0.2) is 23.1 Å². The van der Waals surface area contributed by atoms with Crippen molar-refractivity contribution in [1.29, 1.82) is 0 Å². The molecule has 1 aromatic rings. The van der Waals surface area contributed by atoms with Gasteiger partial charge in [0.15, 0.2) is 0 Å². The van der Waals surface area contributed by atoms with E-state index < -0.39 is 5.97 Å². The topological polar surface area (TPSA) is 78.4 Å². The molecular weight excluding hydrogens is 312 g/mol. The number of hydrogen-bond donors (Lipinski definition) is 3. The molecule has 6 heteroatoms. The van der Waals surface area contributed by atoms with Crippen LogP contribution in [0.2, 0.25) is 0 Å². The summed E-state index contributed by atoms with van der Waals surface area (Å²) in [7, 11) is 0. The van der Waals surface area contributed by atoms with Gasteiger partial charge < -0.3 is 15.7 Å². The van der Waals surface area contributed by atoms with Crippen LogP contribution in [0.5, 0.6) is 0 Å². The van der Waals surface area contributed by atoms with Gasteiger partial charge >= 0.3 is 12.0 Å². The third kappa shape index (κ3) is 3.70. The number of anilines is 1. The zero-order chi connectivity index (χ0) is 14.0. The van der Waals surface area contributed by atoms with Crippen molar-refractivity contribution < 1.29 is 14.7 Å². The summed E-state index contributed by atoms with van der Waals surface area (Å²) in [6, 6.07) is 4.46. The monoisotopic (exact) mass is 326 g/mol. The van der Waals surface area contributed by atoms with Gasteiger partial charge in [-0.1, -0.05) is 15.9 Å². The molecule has 0 aromatic heterocycles. The molecule has 3 N–H and O–H groups in total. The quantitative estimate of drug-likeness (QED) is 0.795. The molecule has 1 fully saturated rings. The Morgan fingerprint density at radius 3 is 2.68 bits per heavy atom. The van der Waals surface area contributed by atoms with Gasteiger partial charge in [-0.25, -0.2) is 9.59 Å². The fourth-order valence-corrected chi connectivity index (χ4v) is 2.24. The molecule has 2 amide bonds. The lowest BCUT2D eigenvalue weighted by Crippen LogP contribution is -2.37. The predicted molar refractivity (Wildman–Crippen MR) is 75.4 cm³/mol. The van der Waals surface area contributed by atoms with Gasteiger partial charge in [0.1, 0.15) is 0 Å². The van der Waals surface area contributed by atoms with Crippen molar-refractivity contribution >= 4 is 33.6 Å². The van der Waals surface area contributed by atoms with Crippen molar-refractivity contribution in [3.63, 3.8) is 0 Å². The zero-order valence-corrected chi connectivity index (χ0v) is 12.0. The van der Waals surface area contributed by atoms with Gasteiger partial charge in [0.05, 0.1) is 11.3 Å². The minimum absolute atomic E-state index is 0.0589. The number of urea groups is 1. The summed E-state index contributed by atoms with van der Waals surface area (Å²) in [4.78, 5) is 22.9. The minimum Gasteiger partial charge on any atom is -0.478 e. The molecule has 1 unspecified atom stereocenters. The average Bonchev–Trinajstić information content (AvgIpc) is 3.15. The smallest absolute Gasteiger partial charge is 0.337 e. The van der Waals surface area contributed by atoms with E-state index in [0.29, 0.717) is 10.4 Å². The molecule has 1 saturated carbocycles. The highest BCUT2D eigenvalue weighted by molar-refractivity contribution is 9.10. The Hall–Kier alpha value is -1.56. The summed E-state index contributed by atoms with van der Waals surface area (Å²) in [6.45, 7) is 1.96. The number of carbonyl (C=O) groups is 2. The maximum absolute atomic E-state index is 11.8. The SMILES string of the molecule is CC(NC(=O)Nc1ccc(Br)cc1C(=O)O)C1CC1. The van der Waals surface area contributed by atoms with Crippen LogP contribution in [0.25, 0.3) is 0 Å². The van der Waals surface area contributed by atoms with Crippen molar-refractivity contribution in [2.75, 3.05) is 5.32 Å². The molecule has 0 bridgehead atoms. The Labute approximate surface area is 119 Å². The van der Waals surface area contributed by atoms with Gasteiger partial charge in [-0.05, 0) is 43.9 Å². The molecule has 19 heavy (non-hydrogen) atoms. The fourth-order valence-electron chi connectivity index (χ4n) is 1.88. The fraction of sp³-hybridized carbons (Fsp3) is 0.385. The highest BCUT2D eigenvalue weighted by atomic mass is 79.9. The molecular formula is C13H15BrN2O3. The van der Waals surface area contributed by atoms with Gasteiger partial charge in [-0.2, -0.15) is 0 Å².